The van der Waals surface area contributed by atoms with E-state index in [1.165, 1.54) is 0 Å². The molecule has 0 saturated carbocycles. The summed E-state index contributed by atoms with van der Waals surface area (Å²) in [5, 5.41) is 4.69. The number of amides is 1. The van der Waals surface area contributed by atoms with Gasteiger partial charge >= 0.3 is 0 Å². The topological polar surface area (TPSA) is 41.5 Å². The van der Waals surface area contributed by atoms with Crippen molar-refractivity contribution < 1.29 is 4.79 Å². The molecule has 2 rings (SSSR count). The zero-order valence-corrected chi connectivity index (χ0v) is 13.1. The SMILES string of the molecule is C=C(C)[C@H]1CC=C(C)C(=NNC(=O)c2ccccc2Cl)C1. The van der Waals surface area contributed by atoms with Gasteiger partial charge in [-0.25, -0.2) is 5.43 Å². The van der Waals surface area contributed by atoms with Crippen LogP contribution in [0.2, 0.25) is 5.02 Å². The fraction of sp³-hybridized carbons (Fsp3) is 0.294. The van der Waals surface area contributed by atoms with E-state index >= 15 is 0 Å². The van der Waals surface area contributed by atoms with Crippen LogP contribution in [0.3, 0.4) is 0 Å². The Hall–Kier alpha value is -1.87. The van der Waals surface area contributed by atoms with Crippen LogP contribution >= 0.6 is 11.6 Å². The first-order valence-electron chi connectivity index (χ1n) is 6.93. The monoisotopic (exact) mass is 302 g/mol. The summed E-state index contributed by atoms with van der Waals surface area (Å²) >= 11 is 6.00. The molecular weight excluding hydrogens is 284 g/mol. The summed E-state index contributed by atoms with van der Waals surface area (Å²) < 4.78 is 0. The van der Waals surface area contributed by atoms with Gasteiger partial charge in [0.2, 0.25) is 0 Å². The zero-order chi connectivity index (χ0) is 15.4. The Balaban J connectivity index is 2.12. The number of halogens is 1. The van der Waals surface area contributed by atoms with Gasteiger partial charge in [-0.1, -0.05) is 42.0 Å². The molecule has 4 heteroatoms. The van der Waals surface area contributed by atoms with Crippen molar-refractivity contribution in [2.75, 3.05) is 0 Å². The highest BCUT2D eigenvalue weighted by molar-refractivity contribution is 6.33. The van der Waals surface area contributed by atoms with Crippen molar-refractivity contribution in [3.63, 3.8) is 0 Å². The van der Waals surface area contributed by atoms with Crippen LogP contribution in [0.4, 0.5) is 0 Å². The lowest BCUT2D eigenvalue weighted by Gasteiger charge is -2.22. The van der Waals surface area contributed by atoms with Crippen LogP contribution in [0.25, 0.3) is 0 Å². The molecule has 1 aromatic carbocycles. The first-order chi connectivity index (χ1) is 9.99. The van der Waals surface area contributed by atoms with Crippen molar-refractivity contribution in [3.8, 4) is 0 Å². The molecule has 0 bridgehead atoms. The van der Waals surface area contributed by atoms with Crippen LogP contribution in [-0.4, -0.2) is 11.6 Å². The number of carbonyl (C=O) groups is 1. The van der Waals surface area contributed by atoms with Gasteiger partial charge in [-0.15, -0.1) is 0 Å². The number of allylic oxidation sites excluding steroid dienone is 3. The molecule has 1 aliphatic carbocycles. The molecule has 3 nitrogen and oxygen atoms in total. The summed E-state index contributed by atoms with van der Waals surface area (Å²) in [6, 6.07) is 6.93. The number of carbonyl (C=O) groups excluding carboxylic acids is 1. The molecule has 0 heterocycles. The number of hydrogen-bond donors (Lipinski definition) is 1. The Kier molecular flexibility index (Phi) is 4.97. The molecule has 0 aliphatic heterocycles. The molecule has 21 heavy (non-hydrogen) atoms. The minimum atomic E-state index is -0.293. The normalized spacial score (nSPS) is 20.0. The molecule has 0 fully saturated rings. The number of benzene rings is 1. The molecule has 0 saturated heterocycles. The van der Waals surface area contributed by atoms with E-state index in [1.807, 2.05) is 13.8 Å². The van der Waals surface area contributed by atoms with Crippen LogP contribution in [0.15, 0.2) is 53.2 Å². The van der Waals surface area contributed by atoms with Gasteiger partial charge in [-0.3, -0.25) is 4.79 Å². The highest BCUT2D eigenvalue weighted by atomic mass is 35.5. The highest BCUT2D eigenvalue weighted by Crippen LogP contribution is 2.26. The molecule has 110 valence electrons. The van der Waals surface area contributed by atoms with Gasteiger partial charge in [-0.2, -0.15) is 5.10 Å². The van der Waals surface area contributed by atoms with E-state index in [4.69, 9.17) is 11.6 Å². The van der Waals surface area contributed by atoms with Crippen molar-refractivity contribution in [2.24, 2.45) is 11.0 Å². The largest absolute Gasteiger partial charge is 0.272 e. The number of hydrogen-bond acceptors (Lipinski definition) is 2. The summed E-state index contributed by atoms with van der Waals surface area (Å²) in [5.74, 6) is 0.100. The fourth-order valence-electron chi connectivity index (χ4n) is 2.25. The maximum absolute atomic E-state index is 12.1. The molecule has 1 aromatic rings. The maximum atomic E-state index is 12.1. The second-order valence-corrected chi connectivity index (χ2v) is 5.76. The van der Waals surface area contributed by atoms with Gasteiger partial charge in [0, 0.05) is 0 Å². The van der Waals surface area contributed by atoms with Crippen LogP contribution in [0, 0.1) is 5.92 Å². The standard InChI is InChI=1S/C17H19ClN2O/c1-11(2)13-9-8-12(3)16(10-13)19-20-17(21)14-6-4-5-7-15(14)18/h4-8,13H,1,9-10H2,2-3H3,(H,20,21)/t13-/m0/s1. The highest BCUT2D eigenvalue weighted by Gasteiger charge is 2.19. The lowest BCUT2D eigenvalue weighted by Crippen LogP contribution is -2.23. The van der Waals surface area contributed by atoms with Crippen LogP contribution in [0.5, 0.6) is 0 Å². The molecule has 1 aliphatic rings. The van der Waals surface area contributed by atoms with Gasteiger partial charge in [0.05, 0.1) is 16.3 Å². The summed E-state index contributed by atoms with van der Waals surface area (Å²) in [7, 11) is 0. The van der Waals surface area contributed by atoms with E-state index in [-0.39, 0.29) is 5.91 Å². The van der Waals surface area contributed by atoms with Crippen molar-refractivity contribution in [2.45, 2.75) is 26.7 Å². The van der Waals surface area contributed by atoms with Crippen molar-refractivity contribution >= 4 is 23.2 Å². The third kappa shape index (κ3) is 3.82. The zero-order valence-electron chi connectivity index (χ0n) is 12.3. The minimum absolute atomic E-state index is 0.293. The van der Waals surface area contributed by atoms with E-state index in [1.54, 1.807) is 24.3 Å². The second kappa shape index (κ2) is 6.72. The Morgan fingerprint density at radius 2 is 2.14 bits per heavy atom. The molecule has 0 aromatic heterocycles. The van der Waals surface area contributed by atoms with Crippen LogP contribution in [0.1, 0.15) is 37.0 Å². The van der Waals surface area contributed by atoms with Gasteiger partial charge in [-0.05, 0) is 50.3 Å². The van der Waals surface area contributed by atoms with E-state index in [2.05, 4.69) is 23.2 Å². The van der Waals surface area contributed by atoms with Gasteiger partial charge < -0.3 is 0 Å². The van der Waals surface area contributed by atoms with E-state index < -0.39 is 0 Å². The third-order valence-corrected chi connectivity index (χ3v) is 4.04. The number of nitrogens with zero attached hydrogens (tertiary/aromatic N) is 1. The predicted molar refractivity (Wildman–Crippen MR) is 87.6 cm³/mol. The van der Waals surface area contributed by atoms with Crippen LogP contribution in [-0.2, 0) is 0 Å². The summed E-state index contributed by atoms with van der Waals surface area (Å²) in [5.41, 5.74) is 6.17. The van der Waals surface area contributed by atoms with Gasteiger partial charge in [0.15, 0.2) is 0 Å². The average Bonchev–Trinajstić information content (AvgIpc) is 2.46. The number of rotatable bonds is 3. The molecular formula is C17H19ClN2O. The fourth-order valence-corrected chi connectivity index (χ4v) is 2.47. The summed E-state index contributed by atoms with van der Waals surface area (Å²) in [4.78, 5) is 12.1. The number of hydrazone groups is 1. The third-order valence-electron chi connectivity index (χ3n) is 3.71. The molecule has 0 unspecified atom stereocenters. The first kappa shape index (κ1) is 15.5. The minimum Gasteiger partial charge on any atom is -0.267 e. The van der Waals surface area contributed by atoms with E-state index in [0.717, 1.165) is 29.7 Å². The second-order valence-electron chi connectivity index (χ2n) is 5.35. The molecule has 1 N–H and O–H groups in total. The smallest absolute Gasteiger partial charge is 0.267 e. The van der Waals surface area contributed by atoms with Gasteiger partial charge in [0.1, 0.15) is 0 Å². The van der Waals surface area contributed by atoms with Gasteiger partial charge in [0.25, 0.3) is 5.91 Å². The van der Waals surface area contributed by atoms with Crippen molar-refractivity contribution in [1.29, 1.82) is 0 Å². The van der Waals surface area contributed by atoms with Crippen molar-refractivity contribution in [1.82, 2.24) is 5.43 Å². The number of nitrogens with one attached hydrogen (secondary N) is 1. The lowest BCUT2D eigenvalue weighted by molar-refractivity contribution is 0.0955. The molecule has 1 amide bonds. The Morgan fingerprint density at radius 3 is 2.81 bits per heavy atom. The van der Waals surface area contributed by atoms with E-state index in [0.29, 0.717) is 16.5 Å². The molecule has 0 spiro atoms. The quantitative estimate of drug-likeness (QED) is 0.654. The Bertz CT molecular complexity index is 631. The van der Waals surface area contributed by atoms with Crippen molar-refractivity contribution in [3.05, 3.63) is 58.7 Å². The lowest BCUT2D eigenvalue weighted by atomic mass is 9.85. The molecule has 0 radical (unpaired) electrons. The summed E-state index contributed by atoms with van der Waals surface area (Å²) in [6.07, 6.45) is 3.93. The Labute approximate surface area is 130 Å². The average molecular weight is 303 g/mol. The summed E-state index contributed by atoms with van der Waals surface area (Å²) in [6.45, 7) is 8.04. The Morgan fingerprint density at radius 1 is 1.43 bits per heavy atom. The van der Waals surface area contributed by atoms with Crippen LogP contribution < -0.4 is 5.43 Å². The van der Waals surface area contributed by atoms with E-state index in [9.17, 15) is 4.79 Å². The first-order valence-corrected chi connectivity index (χ1v) is 7.30. The maximum Gasteiger partial charge on any atom is 0.272 e. The predicted octanol–water partition coefficient (Wildman–Crippen LogP) is 4.36. The molecule has 1 atom stereocenters.